The SMILES string of the molecule is COc1ccc(-c2nc3c4ccccc4nc([C@](N)(CCCCN)C(N)=O)n3n2)cc1. The number of unbranched alkanes of at least 4 members (excludes halogenated alkanes) is 1. The van der Waals surface area contributed by atoms with Gasteiger partial charge < -0.3 is 21.9 Å². The first-order valence-corrected chi connectivity index (χ1v) is 10.1. The Hall–Kier alpha value is -3.56. The highest BCUT2D eigenvalue weighted by Crippen LogP contribution is 2.29. The lowest BCUT2D eigenvalue weighted by atomic mass is 9.91. The van der Waals surface area contributed by atoms with E-state index in [1.165, 1.54) is 4.52 Å². The second-order valence-electron chi connectivity index (χ2n) is 7.43. The fourth-order valence-electron chi connectivity index (χ4n) is 3.60. The van der Waals surface area contributed by atoms with Gasteiger partial charge in [0.25, 0.3) is 0 Å². The van der Waals surface area contributed by atoms with Gasteiger partial charge in [-0.3, -0.25) is 4.79 Å². The van der Waals surface area contributed by atoms with Gasteiger partial charge in [-0.1, -0.05) is 12.1 Å². The van der Waals surface area contributed by atoms with Crippen molar-refractivity contribution in [1.29, 1.82) is 0 Å². The zero-order valence-electron chi connectivity index (χ0n) is 17.3. The number of ether oxygens (including phenoxy) is 1. The summed E-state index contributed by atoms with van der Waals surface area (Å²) in [5.74, 6) is 0.804. The average molecular weight is 419 g/mol. The predicted molar refractivity (Wildman–Crippen MR) is 118 cm³/mol. The molecule has 0 radical (unpaired) electrons. The monoisotopic (exact) mass is 419 g/mol. The number of nitrogens with zero attached hydrogens (tertiary/aromatic N) is 4. The maximum atomic E-state index is 12.5. The van der Waals surface area contributed by atoms with Gasteiger partial charge in [0, 0.05) is 10.9 Å². The van der Waals surface area contributed by atoms with Crippen LogP contribution in [0.5, 0.6) is 5.75 Å². The molecule has 1 atom stereocenters. The van der Waals surface area contributed by atoms with Crippen LogP contribution in [-0.2, 0) is 10.3 Å². The van der Waals surface area contributed by atoms with Gasteiger partial charge in [-0.2, -0.15) is 4.52 Å². The van der Waals surface area contributed by atoms with Crippen molar-refractivity contribution >= 4 is 22.5 Å². The van der Waals surface area contributed by atoms with E-state index in [-0.39, 0.29) is 5.82 Å². The molecule has 0 aliphatic rings. The number of carbonyl (C=O) groups excluding carboxylic acids is 1. The van der Waals surface area contributed by atoms with E-state index < -0.39 is 11.4 Å². The van der Waals surface area contributed by atoms with Crippen molar-refractivity contribution in [1.82, 2.24) is 19.6 Å². The summed E-state index contributed by atoms with van der Waals surface area (Å²) >= 11 is 0. The van der Waals surface area contributed by atoms with Crippen LogP contribution in [0.3, 0.4) is 0 Å². The molecule has 0 saturated carbocycles. The second-order valence-corrected chi connectivity index (χ2v) is 7.43. The summed E-state index contributed by atoms with van der Waals surface area (Å²) in [6.07, 6.45) is 1.65. The van der Waals surface area contributed by atoms with Crippen molar-refractivity contribution in [3.05, 3.63) is 54.4 Å². The number of hydrogen-bond acceptors (Lipinski definition) is 7. The lowest BCUT2D eigenvalue weighted by molar-refractivity contribution is -0.124. The molecule has 4 aromatic rings. The molecular formula is C22H25N7O2. The van der Waals surface area contributed by atoms with Gasteiger partial charge in [0.2, 0.25) is 5.91 Å². The number of amides is 1. The van der Waals surface area contributed by atoms with Gasteiger partial charge in [-0.25, -0.2) is 9.97 Å². The maximum absolute atomic E-state index is 12.5. The molecule has 9 heteroatoms. The van der Waals surface area contributed by atoms with Crippen molar-refractivity contribution in [3.8, 4) is 17.1 Å². The molecule has 0 fully saturated rings. The average Bonchev–Trinajstić information content (AvgIpc) is 3.24. The van der Waals surface area contributed by atoms with Gasteiger partial charge >= 0.3 is 0 Å². The molecule has 0 spiro atoms. The van der Waals surface area contributed by atoms with E-state index >= 15 is 0 Å². The third-order valence-corrected chi connectivity index (χ3v) is 5.39. The zero-order chi connectivity index (χ0) is 22.0. The molecule has 9 nitrogen and oxygen atoms in total. The van der Waals surface area contributed by atoms with Crippen molar-refractivity contribution in [2.75, 3.05) is 13.7 Å². The minimum Gasteiger partial charge on any atom is -0.497 e. The smallest absolute Gasteiger partial charge is 0.245 e. The van der Waals surface area contributed by atoms with Gasteiger partial charge in [-0.05, 0) is 62.2 Å². The van der Waals surface area contributed by atoms with Crippen LogP contribution in [0, 0.1) is 0 Å². The minimum absolute atomic E-state index is 0.262. The molecule has 2 aromatic heterocycles. The van der Waals surface area contributed by atoms with Gasteiger partial charge in [0.15, 0.2) is 22.8 Å². The number of para-hydroxylation sites is 1. The van der Waals surface area contributed by atoms with Gasteiger partial charge in [-0.15, -0.1) is 5.10 Å². The summed E-state index contributed by atoms with van der Waals surface area (Å²) in [7, 11) is 1.61. The van der Waals surface area contributed by atoms with E-state index in [0.29, 0.717) is 36.4 Å². The highest BCUT2D eigenvalue weighted by Gasteiger charge is 2.38. The van der Waals surface area contributed by atoms with Crippen LogP contribution in [0.1, 0.15) is 25.1 Å². The quantitative estimate of drug-likeness (QED) is 0.368. The summed E-state index contributed by atoms with van der Waals surface area (Å²) < 4.78 is 6.76. The summed E-state index contributed by atoms with van der Waals surface area (Å²) in [4.78, 5) is 21.9. The van der Waals surface area contributed by atoms with E-state index in [1.54, 1.807) is 7.11 Å². The number of nitrogens with two attached hydrogens (primary N) is 3. The van der Waals surface area contributed by atoms with E-state index in [4.69, 9.17) is 31.9 Å². The first kappa shape index (κ1) is 20.7. The van der Waals surface area contributed by atoms with Crippen molar-refractivity contribution in [2.45, 2.75) is 24.8 Å². The fourth-order valence-corrected chi connectivity index (χ4v) is 3.60. The second kappa shape index (κ2) is 8.29. The standard InChI is InChI=1S/C22H25N7O2/c1-31-15-10-8-14(9-11-15)18-27-19-16-6-2-3-7-17(16)26-21(29(19)28-18)22(25,20(24)30)12-4-5-13-23/h2-3,6-11H,4-5,12-13,23,25H2,1H3,(H2,24,30)/t22-/m0/s1. The van der Waals surface area contributed by atoms with Crippen LogP contribution in [0.15, 0.2) is 48.5 Å². The van der Waals surface area contributed by atoms with Crippen molar-refractivity contribution in [2.24, 2.45) is 17.2 Å². The summed E-state index contributed by atoms with van der Waals surface area (Å²) in [6.45, 7) is 0.500. The van der Waals surface area contributed by atoms with Crippen LogP contribution in [0.2, 0.25) is 0 Å². The molecule has 0 aliphatic carbocycles. The number of rotatable bonds is 8. The molecule has 4 rings (SSSR count). The van der Waals surface area contributed by atoms with Crippen LogP contribution in [-0.4, -0.2) is 39.1 Å². The van der Waals surface area contributed by atoms with Crippen LogP contribution in [0.4, 0.5) is 0 Å². The molecule has 0 bridgehead atoms. The summed E-state index contributed by atoms with van der Waals surface area (Å²) in [5, 5.41) is 5.45. The third kappa shape index (κ3) is 3.69. The molecule has 160 valence electrons. The molecule has 6 N–H and O–H groups in total. The normalized spacial score (nSPS) is 13.4. The Kier molecular flexibility index (Phi) is 5.53. The van der Waals surface area contributed by atoms with E-state index in [9.17, 15) is 4.79 Å². The maximum Gasteiger partial charge on any atom is 0.245 e. The Bertz CT molecular complexity index is 1240. The summed E-state index contributed by atoms with van der Waals surface area (Å²) in [6, 6.07) is 14.9. The number of aromatic nitrogens is 4. The molecular weight excluding hydrogens is 394 g/mol. The predicted octanol–water partition coefficient (Wildman–Crippen LogP) is 1.72. The Morgan fingerprint density at radius 3 is 2.52 bits per heavy atom. The molecule has 2 heterocycles. The van der Waals surface area contributed by atoms with Crippen LogP contribution >= 0.6 is 0 Å². The van der Waals surface area contributed by atoms with Crippen molar-refractivity contribution in [3.63, 3.8) is 0 Å². The topological polar surface area (TPSA) is 147 Å². The zero-order valence-corrected chi connectivity index (χ0v) is 17.3. The number of benzene rings is 2. The molecule has 0 saturated heterocycles. The van der Waals surface area contributed by atoms with Crippen LogP contribution < -0.4 is 21.9 Å². The largest absolute Gasteiger partial charge is 0.497 e. The first-order valence-electron chi connectivity index (χ1n) is 10.1. The van der Waals surface area contributed by atoms with E-state index in [2.05, 4.69) is 5.10 Å². The Morgan fingerprint density at radius 1 is 1.10 bits per heavy atom. The Balaban J connectivity index is 1.95. The third-order valence-electron chi connectivity index (χ3n) is 5.39. The molecule has 31 heavy (non-hydrogen) atoms. The highest BCUT2D eigenvalue weighted by molar-refractivity contribution is 5.93. The molecule has 0 aliphatic heterocycles. The number of methoxy groups -OCH3 is 1. The van der Waals surface area contributed by atoms with Gasteiger partial charge in [0.05, 0.1) is 12.6 Å². The molecule has 0 unspecified atom stereocenters. The Labute approximate surface area is 179 Å². The van der Waals surface area contributed by atoms with E-state index in [1.807, 2.05) is 48.5 Å². The number of fused-ring (bicyclic) bond motifs is 3. The number of carbonyl (C=O) groups is 1. The van der Waals surface area contributed by atoms with Crippen molar-refractivity contribution < 1.29 is 9.53 Å². The minimum atomic E-state index is -1.51. The summed E-state index contributed by atoms with van der Waals surface area (Å²) in [5.41, 5.74) is 18.4. The first-order chi connectivity index (χ1) is 15.0. The van der Waals surface area contributed by atoms with Gasteiger partial charge in [0.1, 0.15) is 5.75 Å². The highest BCUT2D eigenvalue weighted by atomic mass is 16.5. The molecule has 1 amide bonds. The fraction of sp³-hybridized carbons (Fsp3) is 0.273. The number of hydrogen-bond donors (Lipinski definition) is 3. The van der Waals surface area contributed by atoms with E-state index in [0.717, 1.165) is 23.1 Å². The lowest BCUT2D eigenvalue weighted by Gasteiger charge is -2.25. The lowest BCUT2D eigenvalue weighted by Crippen LogP contribution is -2.51. The van der Waals surface area contributed by atoms with Crippen LogP contribution in [0.25, 0.3) is 27.9 Å². The number of primary amides is 1. The Morgan fingerprint density at radius 2 is 1.84 bits per heavy atom. The molecule has 2 aromatic carbocycles.